The van der Waals surface area contributed by atoms with Crippen molar-refractivity contribution in [1.82, 2.24) is 4.90 Å². The molecule has 2 aromatic carbocycles. The highest BCUT2D eigenvalue weighted by Gasteiger charge is 2.16. The predicted molar refractivity (Wildman–Crippen MR) is 170 cm³/mol. The number of hydrogen-bond donors (Lipinski definition) is 0. The molecule has 0 heterocycles. The topological polar surface area (TPSA) is 29.5 Å². The molecule has 0 aromatic heterocycles. The van der Waals surface area contributed by atoms with E-state index < -0.39 is 0 Å². The van der Waals surface area contributed by atoms with E-state index in [0.717, 1.165) is 49.4 Å². The van der Waals surface area contributed by atoms with Gasteiger partial charge in [-0.3, -0.25) is 9.69 Å². The van der Waals surface area contributed by atoms with Crippen LogP contribution in [0, 0.1) is 0 Å². The van der Waals surface area contributed by atoms with Gasteiger partial charge in [0, 0.05) is 30.4 Å². The third-order valence-corrected chi connectivity index (χ3v) is 7.47. The molecule has 0 aliphatic heterocycles. The Kier molecular flexibility index (Phi) is 16.5. The van der Waals surface area contributed by atoms with Crippen molar-refractivity contribution < 1.29 is 9.53 Å². The minimum absolute atomic E-state index is 0.117. The Hall–Kier alpha value is -2.39. The first kappa shape index (κ1) is 32.8. The molecule has 2 aromatic rings. The van der Waals surface area contributed by atoms with E-state index in [2.05, 4.69) is 88.1 Å². The predicted octanol–water partition coefficient (Wildman–Crippen LogP) is 10.2. The minimum Gasteiger partial charge on any atom is -0.426 e. The van der Waals surface area contributed by atoms with Crippen LogP contribution in [0.15, 0.2) is 60.7 Å². The van der Waals surface area contributed by atoms with Gasteiger partial charge >= 0.3 is 5.97 Å². The molecule has 0 atom stereocenters. The highest BCUT2D eigenvalue weighted by atomic mass is 16.5. The summed E-state index contributed by atoms with van der Waals surface area (Å²) >= 11 is 0. The molecule has 0 fully saturated rings. The Bertz CT molecular complexity index is 991. The molecule has 0 N–H and O–H groups in total. The molecule has 2 rings (SSSR count). The quantitative estimate of drug-likeness (QED) is 0.0734. The summed E-state index contributed by atoms with van der Waals surface area (Å²) in [6.07, 6.45) is 23.6. The Balaban J connectivity index is 1.72. The number of ether oxygens (including phenoxy) is 1. The van der Waals surface area contributed by atoms with Crippen LogP contribution in [0.5, 0.6) is 5.75 Å². The first-order chi connectivity index (χ1) is 18.9. The lowest BCUT2D eigenvalue weighted by atomic mass is 10.0. The van der Waals surface area contributed by atoms with Gasteiger partial charge in [-0.2, -0.15) is 0 Å². The van der Waals surface area contributed by atoms with Crippen LogP contribution in [0.25, 0.3) is 10.8 Å². The SMILES string of the molecule is CCCCC/C=C\C/C=C\CCCCCCCC(=O)Oc1cccc2cccc(CCN(C(C)C)C(C)C)c12. The molecule has 39 heavy (non-hydrogen) atoms. The Morgan fingerprint density at radius 2 is 1.41 bits per heavy atom. The molecule has 0 radical (unpaired) electrons. The molecule has 216 valence electrons. The second-order valence-corrected chi connectivity index (χ2v) is 11.4. The molecule has 0 bridgehead atoms. The van der Waals surface area contributed by atoms with Gasteiger partial charge in [-0.15, -0.1) is 0 Å². The van der Waals surface area contributed by atoms with E-state index >= 15 is 0 Å². The zero-order valence-electron chi connectivity index (χ0n) is 25.6. The summed E-state index contributed by atoms with van der Waals surface area (Å²) in [4.78, 5) is 15.2. The fourth-order valence-electron chi connectivity index (χ4n) is 5.29. The highest BCUT2D eigenvalue weighted by Crippen LogP contribution is 2.30. The Labute approximate surface area is 239 Å². The van der Waals surface area contributed by atoms with Gasteiger partial charge in [0.1, 0.15) is 5.75 Å². The van der Waals surface area contributed by atoms with Crippen LogP contribution in [-0.4, -0.2) is 29.5 Å². The van der Waals surface area contributed by atoms with Crippen LogP contribution < -0.4 is 4.74 Å². The van der Waals surface area contributed by atoms with Crippen LogP contribution >= 0.6 is 0 Å². The smallest absolute Gasteiger partial charge is 0.311 e. The van der Waals surface area contributed by atoms with Crippen LogP contribution in [0.2, 0.25) is 0 Å². The summed E-state index contributed by atoms with van der Waals surface area (Å²) in [5.41, 5.74) is 1.25. The summed E-state index contributed by atoms with van der Waals surface area (Å²) in [7, 11) is 0. The second-order valence-electron chi connectivity index (χ2n) is 11.4. The number of hydrogen-bond acceptors (Lipinski definition) is 3. The van der Waals surface area contributed by atoms with Crippen molar-refractivity contribution in [1.29, 1.82) is 0 Å². The maximum absolute atomic E-state index is 12.7. The second kappa shape index (κ2) is 19.6. The highest BCUT2D eigenvalue weighted by molar-refractivity contribution is 5.93. The van der Waals surface area contributed by atoms with E-state index in [-0.39, 0.29) is 5.97 Å². The lowest BCUT2D eigenvalue weighted by Gasteiger charge is -2.30. The molecular formula is C36H55NO2. The van der Waals surface area contributed by atoms with Crippen LogP contribution in [-0.2, 0) is 11.2 Å². The number of rotatable bonds is 20. The van der Waals surface area contributed by atoms with E-state index in [1.807, 2.05) is 12.1 Å². The van der Waals surface area contributed by atoms with Gasteiger partial charge < -0.3 is 4.74 Å². The van der Waals surface area contributed by atoms with Crippen molar-refractivity contribution in [3.8, 4) is 5.75 Å². The van der Waals surface area contributed by atoms with Crippen molar-refractivity contribution in [2.45, 2.75) is 130 Å². The van der Waals surface area contributed by atoms with Gasteiger partial charge in [0.15, 0.2) is 0 Å². The van der Waals surface area contributed by atoms with Gasteiger partial charge in [0.25, 0.3) is 0 Å². The first-order valence-electron chi connectivity index (χ1n) is 15.7. The van der Waals surface area contributed by atoms with Crippen molar-refractivity contribution in [3.05, 3.63) is 66.3 Å². The first-order valence-corrected chi connectivity index (χ1v) is 15.7. The van der Waals surface area contributed by atoms with Crippen LogP contribution in [0.1, 0.15) is 117 Å². The minimum atomic E-state index is -0.117. The molecule has 0 aliphatic carbocycles. The van der Waals surface area contributed by atoms with Crippen molar-refractivity contribution in [2.75, 3.05) is 6.54 Å². The standard InChI is InChI=1S/C36H55NO2/c1-6-7-8-9-10-11-12-13-14-15-16-17-18-19-20-27-35(38)39-34-26-22-25-32-23-21-24-33(36(32)34)28-29-37(30(2)3)31(4)5/h10-11,13-14,21-26,30-31H,6-9,12,15-20,27-29H2,1-5H3/b11-10-,14-13-. The summed E-state index contributed by atoms with van der Waals surface area (Å²) in [5, 5.41) is 2.22. The molecule has 0 unspecified atom stereocenters. The largest absolute Gasteiger partial charge is 0.426 e. The molecule has 0 saturated carbocycles. The van der Waals surface area contributed by atoms with Crippen LogP contribution in [0.3, 0.4) is 0 Å². The van der Waals surface area contributed by atoms with E-state index in [9.17, 15) is 4.79 Å². The molecule has 0 saturated heterocycles. The molecule has 3 nitrogen and oxygen atoms in total. The normalized spacial score (nSPS) is 12.2. The summed E-state index contributed by atoms with van der Waals surface area (Å²) < 4.78 is 5.92. The number of carbonyl (C=O) groups excluding carboxylic acids is 1. The number of fused-ring (bicyclic) bond motifs is 1. The fraction of sp³-hybridized carbons (Fsp3) is 0.583. The monoisotopic (exact) mass is 533 g/mol. The summed E-state index contributed by atoms with van der Waals surface area (Å²) in [6.45, 7) is 12.2. The number of benzene rings is 2. The van der Waals surface area contributed by atoms with E-state index in [0.29, 0.717) is 24.3 Å². The third-order valence-electron chi connectivity index (χ3n) is 7.47. The third kappa shape index (κ3) is 13.0. The summed E-state index contributed by atoms with van der Waals surface area (Å²) in [6, 6.07) is 13.4. The summed E-state index contributed by atoms with van der Waals surface area (Å²) in [5.74, 6) is 0.588. The molecule has 3 heteroatoms. The maximum Gasteiger partial charge on any atom is 0.311 e. The van der Waals surface area contributed by atoms with Gasteiger partial charge in [-0.1, -0.05) is 93.7 Å². The lowest BCUT2D eigenvalue weighted by Crippen LogP contribution is -2.38. The number of unbranched alkanes of at least 4 members (excludes halogenated alkanes) is 8. The number of allylic oxidation sites excluding steroid dienone is 4. The average Bonchev–Trinajstić information content (AvgIpc) is 2.90. The fourth-order valence-corrected chi connectivity index (χ4v) is 5.29. The van der Waals surface area contributed by atoms with Crippen molar-refractivity contribution >= 4 is 16.7 Å². The van der Waals surface area contributed by atoms with Gasteiger partial charge in [-0.05, 0) is 89.7 Å². The van der Waals surface area contributed by atoms with E-state index in [4.69, 9.17) is 4.74 Å². The average molecular weight is 534 g/mol. The number of carbonyl (C=O) groups is 1. The zero-order chi connectivity index (χ0) is 28.3. The van der Waals surface area contributed by atoms with E-state index in [1.165, 1.54) is 50.5 Å². The van der Waals surface area contributed by atoms with Crippen LogP contribution in [0.4, 0.5) is 0 Å². The van der Waals surface area contributed by atoms with Gasteiger partial charge in [0.05, 0.1) is 0 Å². The Morgan fingerprint density at radius 1 is 0.795 bits per heavy atom. The number of esters is 1. The van der Waals surface area contributed by atoms with Gasteiger partial charge in [0.2, 0.25) is 0 Å². The maximum atomic E-state index is 12.7. The molecule has 0 spiro atoms. The van der Waals surface area contributed by atoms with Gasteiger partial charge in [-0.25, -0.2) is 0 Å². The Morgan fingerprint density at radius 3 is 2.08 bits per heavy atom. The molecular weight excluding hydrogens is 478 g/mol. The molecule has 0 aliphatic rings. The van der Waals surface area contributed by atoms with Crippen molar-refractivity contribution in [3.63, 3.8) is 0 Å². The van der Waals surface area contributed by atoms with E-state index in [1.54, 1.807) is 0 Å². The number of nitrogens with zero attached hydrogens (tertiary/aromatic N) is 1. The zero-order valence-corrected chi connectivity index (χ0v) is 25.6. The lowest BCUT2D eigenvalue weighted by molar-refractivity contribution is -0.134. The van der Waals surface area contributed by atoms with Crippen molar-refractivity contribution in [2.24, 2.45) is 0 Å². The molecule has 0 amide bonds.